The zero-order valence-corrected chi connectivity index (χ0v) is 13.1. The summed E-state index contributed by atoms with van der Waals surface area (Å²) in [6.45, 7) is 11.8. The van der Waals surface area contributed by atoms with E-state index in [1.165, 1.54) is 25.7 Å². The fraction of sp³-hybridized carbons (Fsp3) is 0.867. The van der Waals surface area contributed by atoms with Crippen LogP contribution in [0.2, 0.25) is 18.1 Å². The molecule has 0 aromatic carbocycles. The van der Waals surface area contributed by atoms with Crippen LogP contribution in [0, 0.1) is 11.8 Å². The van der Waals surface area contributed by atoms with Crippen molar-refractivity contribution in [1.29, 1.82) is 0 Å². The van der Waals surface area contributed by atoms with Gasteiger partial charge in [-0.25, -0.2) is 0 Å². The Bertz CT molecular complexity index is 301. The summed E-state index contributed by atoms with van der Waals surface area (Å²) < 4.78 is 6.64. The van der Waals surface area contributed by atoms with Crippen molar-refractivity contribution in [2.75, 3.05) is 0 Å². The molecule has 2 heteroatoms. The lowest BCUT2D eigenvalue weighted by Gasteiger charge is -2.43. The lowest BCUT2D eigenvalue weighted by Crippen LogP contribution is -2.47. The largest absolute Gasteiger partial charge is 0.413 e. The van der Waals surface area contributed by atoms with Gasteiger partial charge in [0.15, 0.2) is 8.32 Å². The molecule has 0 aliphatic heterocycles. The Kier molecular flexibility index (Phi) is 3.57. The first kappa shape index (κ1) is 13.4. The lowest BCUT2D eigenvalue weighted by molar-refractivity contribution is 0.0735. The van der Waals surface area contributed by atoms with Crippen molar-refractivity contribution in [3.8, 4) is 0 Å². The average Bonchev–Trinajstić information content (AvgIpc) is 2.64. The van der Waals surface area contributed by atoms with Crippen LogP contribution < -0.4 is 0 Å². The molecule has 0 spiro atoms. The molecule has 0 aromatic heterocycles. The Hall–Kier alpha value is -0.0831. The summed E-state index contributed by atoms with van der Waals surface area (Å²) >= 11 is 0. The molecule has 3 unspecified atom stereocenters. The van der Waals surface area contributed by atoms with Crippen molar-refractivity contribution in [2.45, 2.75) is 70.7 Å². The molecule has 98 valence electrons. The predicted molar refractivity (Wildman–Crippen MR) is 76.7 cm³/mol. The minimum Gasteiger partial charge on any atom is -0.413 e. The Morgan fingerprint density at radius 3 is 2.53 bits per heavy atom. The highest BCUT2D eigenvalue weighted by Gasteiger charge is 2.43. The Balaban J connectivity index is 2.05. The van der Waals surface area contributed by atoms with E-state index in [4.69, 9.17) is 4.43 Å². The van der Waals surface area contributed by atoms with E-state index in [9.17, 15) is 0 Å². The second kappa shape index (κ2) is 4.54. The Morgan fingerprint density at radius 1 is 1.18 bits per heavy atom. The number of allylic oxidation sites excluding steroid dienone is 1. The van der Waals surface area contributed by atoms with Gasteiger partial charge in [0.2, 0.25) is 0 Å². The van der Waals surface area contributed by atoms with Gasteiger partial charge in [-0.2, -0.15) is 0 Å². The molecule has 1 nitrogen and oxygen atoms in total. The van der Waals surface area contributed by atoms with Crippen LogP contribution in [0.1, 0.15) is 46.5 Å². The van der Waals surface area contributed by atoms with Crippen molar-refractivity contribution in [3.05, 3.63) is 12.2 Å². The molecule has 1 saturated carbocycles. The van der Waals surface area contributed by atoms with E-state index in [2.05, 4.69) is 46.0 Å². The molecule has 0 bridgehead atoms. The van der Waals surface area contributed by atoms with Gasteiger partial charge in [0.05, 0.1) is 6.10 Å². The number of rotatable bonds is 2. The zero-order valence-electron chi connectivity index (χ0n) is 12.1. The molecular weight excluding hydrogens is 224 g/mol. The van der Waals surface area contributed by atoms with Crippen molar-refractivity contribution in [3.63, 3.8) is 0 Å². The summed E-state index contributed by atoms with van der Waals surface area (Å²) in [6.07, 6.45) is 10.7. The van der Waals surface area contributed by atoms with Crippen LogP contribution in [-0.4, -0.2) is 14.4 Å². The standard InChI is InChI=1S/C15H28OSi/c1-15(2,3)17(4,5)16-14-11-7-9-12-8-6-10-13(12)14/h6,10,12-14H,7-9,11H2,1-5H3. The highest BCUT2D eigenvalue weighted by Crippen LogP contribution is 2.44. The van der Waals surface area contributed by atoms with E-state index < -0.39 is 8.32 Å². The third kappa shape index (κ3) is 2.68. The van der Waals surface area contributed by atoms with E-state index >= 15 is 0 Å². The summed E-state index contributed by atoms with van der Waals surface area (Å²) in [6, 6.07) is 0. The third-order valence-corrected chi connectivity index (χ3v) is 9.59. The van der Waals surface area contributed by atoms with Crippen molar-refractivity contribution in [2.24, 2.45) is 11.8 Å². The van der Waals surface area contributed by atoms with Gasteiger partial charge < -0.3 is 4.43 Å². The van der Waals surface area contributed by atoms with E-state index in [-0.39, 0.29) is 0 Å². The van der Waals surface area contributed by atoms with Gasteiger partial charge in [-0.1, -0.05) is 39.3 Å². The second-order valence-electron chi connectivity index (χ2n) is 7.35. The highest BCUT2D eigenvalue weighted by atomic mass is 28.4. The molecule has 1 fully saturated rings. The summed E-state index contributed by atoms with van der Waals surface area (Å²) in [5, 5.41) is 0.336. The van der Waals surface area contributed by atoms with E-state index in [1.807, 2.05) is 0 Å². The molecule has 0 saturated heterocycles. The number of hydrogen-bond acceptors (Lipinski definition) is 1. The maximum atomic E-state index is 6.64. The summed E-state index contributed by atoms with van der Waals surface area (Å²) in [4.78, 5) is 0. The first-order valence-electron chi connectivity index (χ1n) is 7.16. The maximum Gasteiger partial charge on any atom is 0.192 e. The fourth-order valence-electron chi connectivity index (χ4n) is 2.93. The summed E-state index contributed by atoms with van der Waals surface area (Å²) in [5.74, 6) is 1.61. The smallest absolute Gasteiger partial charge is 0.192 e. The van der Waals surface area contributed by atoms with E-state index in [0.29, 0.717) is 11.1 Å². The highest BCUT2D eigenvalue weighted by molar-refractivity contribution is 6.74. The van der Waals surface area contributed by atoms with Crippen LogP contribution in [0.4, 0.5) is 0 Å². The molecular formula is C15H28OSi. The molecule has 0 aromatic rings. The molecule has 2 rings (SSSR count). The molecule has 2 aliphatic carbocycles. The van der Waals surface area contributed by atoms with Crippen LogP contribution in [-0.2, 0) is 4.43 Å². The number of fused-ring (bicyclic) bond motifs is 1. The molecule has 0 amide bonds. The van der Waals surface area contributed by atoms with E-state index in [1.54, 1.807) is 0 Å². The van der Waals surface area contributed by atoms with Gasteiger partial charge >= 0.3 is 0 Å². The normalized spacial score (nSPS) is 33.8. The molecule has 17 heavy (non-hydrogen) atoms. The molecule has 0 N–H and O–H groups in total. The van der Waals surface area contributed by atoms with Crippen molar-refractivity contribution < 1.29 is 4.43 Å². The minimum atomic E-state index is -1.59. The van der Waals surface area contributed by atoms with Crippen molar-refractivity contribution >= 4 is 8.32 Å². The van der Waals surface area contributed by atoms with Crippen LogP contribution in [0.25, 0.3) is 0 Å². The van der Waals surface area contributed by atoms with Gasteiger partial charge in [0.25, 0.3) is 0 Å². The van der Waals surface area contributed by atoms with Crippen LogP contribution in [0.5, 0.6) is 0 Å². The van der Waals surface area contributed by atoms with Gasteiger partial charge in [0.1, 0.15) is 0 Å². The van der Waals surface area contributed by atoms with Gasteiger partial charge in [0, 0.05) is 5.92 Å². The van der Waals surface area contributed by atoms with Crippen LogP contribution >= 0.6 is 0 Å². The quantitative estimate of drug-likeness (QED) is 0.509. The van der Waals surface area contributed by atoms with Gasteiger partial charge in [-0.3, -0.25) is 0 Å². The van der Waals surface area contributed by atoms with Crippen LogP contribution in [0.3, 0.4) is 0 Å². The summed E-state index contributed by atoms with van der Waals surface area (Å²) in [7, 11) is -1.59. The summed E-state index contributed by atoms with van der Waals surface area (Å²) in [5.41, 5.74) is 0. The SMILES string of the molecule is CC(C)(C)[Si](C)(C)OC1CCCC2CC=CC21. The lowest BCUT2D eigenvalue weighted by atomic mass is 9.79. The topological polar surface area (TPSA) is 9.23 Å². The fourth-order valence-corrected chi connectivity index (χ4v) is 4.31. The van der Waals surface area contributed by atoms with Crippen molar-refractivity contribution in [1.82, 2.24) is 0 Å². The predicted octanol–water partition coefficient (Wildman–Crippen LogP) is 4.75. The number of hydrogen-bond donors (Lipinski definition) is 0. The minimum absolute atomic E-state index is 0.336. The zero-order chi connectivity index (χ0) is 12.7. The van der Waals surface area contributed by atoms with Crippen LogP contribution in [0.15, 0.2) is 12.2 Å². The third-order valence-electron chi connectivity index (χ3n) is 5.09. The van der Waals surface area contributed by atoms with E-state index in [0.717, 1.165) is 11.8 Å². The molecule has 2 aliphatic rings. The molecule has 3 atom stereocenters. The molecule has 0 heterocycles. The first-order valence-corrected chi connectivity index (χ1v) is 10.1. The van der Waals surface area contributed by atoms with Gasteiger partial charge in [-0.05, 0) is 43.3 Å². The monoisotopic (exact) mass is 252 g/mol. The van der Waals surface area contributed by atoms with Gasteiger partial charge in [-0.15, -0.1) is 0 Å². The first-order chi connectivity index (χ1) is 7.81. The Labute approximate surface area is 108 Å². The Morgan fingerprint density at radius 2 is 1.88 bits per heavy atom. The second-order valence-corrected chi connectivity index (χ2v) is 12.1. The average molecular weight is 252 g/mol. The molecule has 0 radical (unpaired) electrons. The maximum absolute atomic E-state index is 6.64.